The van der Waals surface area contributed by atoms with Crippen molar-refractivity contribution in [2.24, 2.45) is 0 Å². The number of hydrogen-bond donors (Lipinski definition) is 2. The molecule has 2 N–H and O–H groups in total. The number of imidazole rings is 1. The van der Waals surface area contributed by atoms with Crippen molar-refractivity contribution in [1.29, 1.82) is 0 Å². The second-order valence-corrected chi connectivity index (χ2v) is 5.16. The van der Waals surface area contributed by atoms with Crippen LogP contribution in [0.3, 0.4) is 0 Å². The summed E-state index contributed by atoms with van der Waals surface area (Å²) in [6.07, 6.45) is 3.69. The van der Waals surface area contributed by atoms with Gasteiger partial charge in [-0.25, -0.2) is 4.98 Å². The number of benzene rings is 1. The van der Waals surface area contributed by atoms with Gasteiger partial charge in [0.1, 0.15) is 17.8 Å². The minimum Gasteiger partial charge on any atom is -0.385 e. The van der Waals surface area contributed by atoms with Gasteiger partial charge in [-0.2, -0.15) is 0 Å². The maximum Gasteiger partial charge on any atom is 0.165 e. The number of fused-ring (bicyclic) bond motifs is 2. The van der Waals surface area contributed by atoms with Crippen molar-refractivity contribution in [1.82, 2.24) is 9.55 Å². The molecule has 1 aliphatic heterocycles. The van der Waals surface area contributed by atoms with Gasteiger partial charge in [-0.05, 0) is 18.6 Å². The molecule has 1 aromatic carbocycles. The maximum atomic E-state index is 10.5. The Labute approximate surface area is 109 Å². The minimum atomic E-state index is -1.21. The van der Waals surface area contributed by atoms with Crippen LogP contribution >= 0.6 is 0 Å². The van der Waals surface area contributed by atoms with Gasteiger partial charge in [-0.15, -0.1) is 0 Å². The molecule has 2 aliphatic rings. The summed E-state index contributed by atoms with van der Waals surface area (Å²) < 4.78 is 7.57. The first kappa shape index (κ1) is 11.2. The molecule has 0 bridgehead atoms. The Hall–Kier alpha value is -1.69. The summed E-state index contributed by atoms with van der Waals surface area (Å²) in [5, 5.41) is 20.9. The van der Waals surface area contributed by atoms with E-state index in [-0.39, 0.29) is 0 Å². The average Bonchev–Trinajstić information content (AvgIpc) is 3.05. The lowest BCUT2D eigenvalue weighted by Gasteiger charge is -2.25. The lowest BCUT2D eigenvalue weighted by molar-refractivity contribution is -0.0602. The number of rotatable bonds is 1. The molecule has 1 fully saturated rings. The second-order valence-electron chi connectivity index (χ2n) is 5.16. The molecule has 1 aromatic heterocycles. The van der Waals surface area contributed by atoms with Gasteiger partial charge in [0.2, 0.25) is 0 Å². The molecule has 98 valence electrons. The fourth-order valence-electron chi connectivity index (χ4n) is 2.99. The van der Waals surface area contributed by atoms with E-state index in [1.54, 1.807) is 10.9 Å². The van der Waals surface area contributed by atoms with Crippen molar-refractivity contribution in [2.45, 2.75) is 30.5 Å². The third kappa shape index (κ3) is 1.37. The van der Waals surface area contributed by atoms with Crippen molar-refractivity contribution in [3.05, 3.63) is 42.7 Å². The lowest BCUT2D eigenvalue weighted by Crippen LogP contribution is -2.44. The van der Waals surface area contributed by atoms with E-state index in [1.165, 1.54) is 0 Å². The van der Waals surface area contributed by atoms with Crippen molar-refractivity contribution in [3.8, 4) is 0 Å². The van der Waals surface area contributed by atoms with Gasteiger partial charge in [0.15, 0.2) is 6.23 Å². The van der Waals surface area contributed by atoms with Crippen LogP contribution in [0.15, 0.2) is 42.7 Å². The Morgan fingerprint density at radius 1 is 1.37 bits per heavy atom. The molecule has 0 saturated carbocycles. The molecule has 0 spiro atoms. The zero-order valence-corrected chi connectivity index (χ0v) is 10.2. The highest BCUT2D eigenvalue weighted by molar-refractivity contribution is 5.75. The summed E-state index contributed by atoms with van der Waals surface area (Å²) in [5.41, 5.74) is 0.521. The van der Waals surface area contributed by atoms with Crippen LogP contribution in [0.2, 0.25) is 0 Å². The van der Waals surface area contributed by atoms with Gasteiger partial charge in [-0.1, -0.05) is 24.3 Å². The first-order chi connectivity index (χ1) is 9.20. The molecule has 0 amide bonds. The SMILES string of the molecule is O[C@H]1[C@H](n2cnc3ccccc32)OC2C=CC[C@@]21O. The summed E-state index contributed by atoms with van der Waals surface area (Å²) in [5.74, 6) is 0. The van der Waals surface area contributed by atoms with E-state index in [4.69, 9.17) is 4.74 Å². The van der Waals surface area contributed by atoms with Gasteiger partial charge in [-0.3, -0.25) is 0 Å². The van der Waals surface area contributed by atoms with Crippen LogP contribution in [0, 0.1) is 0 Å². The Balaban J connectivity index is 1.80. The van der Waals surface area contributed by atoms with E-state index in [0.717, 1.165) is 11.0 Å². The van der Waals surface area contributed by atoms with Gasteiger partial charge < -0.3 is 19.5 Å². The third-order valence-corrected chi connectivity index (χ3v) is 4.07. The average molecular weight is 258 g/mol. The predicted molar refractivity (Wildman–Crippen MR) is 68.4 cm³/mol. The first-order valence-corrected chi connectivity index (χ1v) is 6.34. The van der Waals surface area contributed by atoms with E-state index < -0.39 is 24.0 Å². The van der Waals surface area contributed by atoms with Crippen molar-refractivity contribution in [3.63, 3.8) is 0 Å². The summed E-state index contributed by atoms with van der Waals surface area (Å²) in [6.45, 7) is 0. The van der Waals surface area contributed by atoms with Gasteiger partial charge >= 0.3 is 0 Å². The first-order valence-electron chi connectivity index (χ1n) is 6.34. The van der Waals surface area contributed by atoms with E-state index in [0.29, 0.717) is 6.42 Å². The highest BCUT2D eigenvalue weighted by Crippen LogP contribution is 2.43. The molecule has 2 heterocycles. The van der Waals surface area contributed by atoms with Crippen LogP contribution in [0.25, 0.3) is 11.0 Å². The van der Waals surface area contributed by atoms with E-state index in [1.807, 2.05) is 36.4 Å². The molecule has 0 radical (unpaired) electrons. The van der Waals surface area contributed by atoms with Gasteiger partial charge in [0, 0.05) is 0 Å². The Morgan fingerprint density at radius 2 is 2.21 bits per heavy atom. The molecule has 1 saturated heterocycles. The Kier molecular flexibility index (Phi) is 2.15. The number of para-hydroxylation sites is 2. The van der Waals surface area contributed by atoms with Crippen molar-refractivity contribution < 1.29 is 14.9 Å². The van der Waals surface area contributed by atoms with Crippen LogP contribution in [-0.4, -0.2) is 37.6 Å². The highest BCUT2D eigenvalue weighted by Gasteiger charge is 2.56. The number of nitrogens with zero attached hydrogens (tertiary/aromatic N) is 2. The zero-order valence-electron chi connectivity index (χ0n) is 10.2. The van der Waals surface area contributed by atoms with Crippen LogP contribution in [0.4, 0.5) is 0 Å². The van der Waals surface area contributed by atoms with Crippen LogP contribution in [-0.2, 0) is 4.74 Å². The summed E-state index contributed by atoms with van der Waals surface area (Å²) in [7, 11) is 0. The van der Waals surface area contributed by atoms with Crippen LogP contribution < -0.4 is 0 Å². The maximum absolute atomic E-state index is 10.5. The monoisotopic (exact) mass is 258 g/mol. The van der Waals surface area contributed by atoms with E-state index in [9.17, 15) is 10.2 Å². The topological polar surface area (TPSA) is 67.5 Å². The quantitative estimate of drug-likeness (QED) is 0.748. The number of aliphatic hydroxyl groups excluding tert-OH is 1. The third-order valence-electron chi connectivity index (χ3n) is 4.07. The number of aromatic nitrogens is 2. The second kappa shape index (κ2) is 3.66. The largest absolute Gasteiger partial charge is 0.385 e. The molecule has 1 aliphatic carbocycles. The summed E-state index contributed by atoms with van der Waals surface area (Å²) >= 11 is 0. The fraction of sp³-hybridized carbons (Fsp3) is 0.357. The molecule has 5 nitrogen and oxygen atoms in total. The zero-order chi connectivity index (χ0) is 13.0. The summed E-state index contributed by atoms with van der Waals surface area (Å²) in [4.78, 5) is 4.29. The van der Waals surface area contributed by atoms with Crippen LogP contribution in [0.5, 0.6) is 0 Å². The molecule has 5 heteroatoms. The smallest absolute Gasteiger partial charge is 0.165 e. The van der Waals surface area contributed by atoms with Gasteiger partial charge in [0.25, 0.3) is 0 Å². The number of aliphatic hydroxyl groups is 2. The molecule has 2 aromatic rings. The van der Waals surface area contributed by atoms with Crippen molar-refractivity contribution in [2.75, 3.05) is 0 Å². The molecular formula is C14H14N2O3. The number of hydrogen-bond acceptors (Lipinski definition) is 4. The van der Waals surface area contributed by atoms with E-state index in [2.05, 4.69) is 4.98 Å². The predicted octanol–water partition coefficient (Wildman–Crippen LogP) is 0.986. The van der Waals surface area contributed by atoms with Gasteiger partial charge in [0.05, 0.1) is 17.4 Å². The van der Waals surface area contributed by atoms with Crippen molar-refractivity contribution >= 4 is 11.0 Å². The molecule has 1 unspecified atom stereocenters. The summed E-state index contributed by atoms with van der Waals surface area (Å²) in [6, 6.07) is 7.66. The minimum absolute atomic E-state index is 0.419. The standard InChI is InChI=1S/C14H14N2O3/c17-12-13(19-11-6-3-7-14(11,12)18)16-8-15-9-4-1-2-5-10(9)16/h1-6,8,11-13,17-18H,7H2/t11?,12-,13+,14+/m0/s1. The van der Waals surface area contributed by atoms with E-state index >= 15 is 0 Å². The van der Waals surface area contributed by atoms with Crippen LogP contribution in [0.1, 0.15) is 12.6 Å². The molecule has 4 atom stereocenters. The lowest BCUT2D eigenvalue weighted by atomic mass is 9.93. The fourth-order valence-corrected chi connectivity index (χ4v) is 2.99. The Bertz CT molecular complexity index is 666. The molecule has 19 heavy (non-hydrogen) atoms. The number of ether oxygens (including phenoxy) is 1. The normalized spacial score (nSPS) is 37.1. The molecule has 4 rings (SSSR count). The molecular weight excluding hydrogens is 244 g/mol. The Morgan fingerprint density at radius 3 is 3.05 bits per heavy atom. The highest BCUT2D eigenvalue weighted by atomic mass is 16.6.